The first-order valence-corrected chi connectivity index (χ1v) is 6.61. The van der Waals surface area contributed by atoms with Gasteiger partial charge in [-0.3, -0.25) is 0 Å². The van der Waals surface area contributed by atoms with Crippen molar-refractivity contribution in [1.82, 2.24) is 14.9 Å². The van der Waals surface area contributed by atoms with Gasteiger partial charge in [-0.15, -0.1) is 0 Å². The number of imidazole rings is 1. The van der Waals surface area contributed by atoms with E-state index in [-0.39, 0.29) is 0 Å². The first-order chi connectivity index (χ1) is 8.78. The lowest BCUT2D eigenvalue weighted by Gasteiger charge is -2.02. The van der Waals surface area contributed by atoms with E-state index in [9.17, 15) is 0 Å². The minimum absolute atomic E-state index is 0.772. The fourth-order valence-electron chi connectivity index (χ4n) is 1.78. The van der Waals surface area contributed by atoms with E-state index in [4.69, 9.17) is 11.6 Å². The van der Waals surface area contributed by atoms with E-state index in [1.54, 1.807) is 0 Å². The van der Waals surface area contributed by atoms with Gasteiger partial charge in [0.15, 0.2) is 0 Å². The molecule has 0 aliphatic carbocycles. The lowest BCUT2D eigenvalue weighted by Crippen LogP contribution is -2.13. The van der Waals surface area contributed by atoms with Crippen molar-refractivity contribution >= 4 is 11.6 Å². The first-order valence-electron chi connectivity index (χ1n) is 6.23. The van der Waals surface area contributed by atoms with Gasteiger partial charge in [-0.25, -0.2) is 4.98 Å². The molecule has 0 amide bonds. The number of benzene rings is 1. The van der Waals surface area contributed by atoms with Gasteiger partial charge in [0.2, 0.25) is 0 Å². The van der Waals surface area contributed by atoms with E-state index in [1.165, 1.54) is 5.56 Å². The Bertz CT molecular complexity index is 476. The summed E-state index contributed by atoms with van der Waals surface area (Å²) in [6.07, 6.45) is 5.10. The summed E-state index contributed by atoms with van der Waals surface area (Å²) in [7, 11) is 0. The highest BCUT2D eigenvalue weighted by molar-refractivity contribution is 6.30. The molecule has 0 fully saturated rings. The highest BCUT2D eigenvalue weighted by Crippen LogP contribution is 2.10. The van der Waals surface area contributed by atoms with Crippen LogP contribution in [0, 0.1) is 0 Å². The maximum Gasteiger partial charge on any atom is 0.0953 e. The zero-order valence-corrected chi connectivity index (χ0v) is 11.3. The van der Waals surface area contributed by atoms with Crippen LogP contribution in [-0.2, 0) is 13.1 Å². The van der Waals surface area contributed by atoms with Crippen molar-refractivity contribution in [3.63, 3.8) is 0 Å². The van der Waals surface area contributed by atoms with Crippen molar-refractivity contribution in [1.29, 1.82) is 0 Å². The molecule has 0 unspecified atom stereocenters. The van der Waals surface area contributed by atoms with Gasteiger partial charge in [0.25, 0.3) is 0 Å². The van der Waals surface area contributed by atoms with Gasteiger partial charge < -0.3 is 9.88 Å². The van der Waals surface area contributed by atoms with E-state index < -0.39 is 0 Å². The number of aromatic nitrogens is 2. The third-order valence-electron chi connectivity index (χ3n) is 2.70. The van der Waals surface area contributed by atoms with Gasteiger partial charge >= 0.3 is 0 Å². The van der Waals surface area contributed by atoms with Gasteiger partial charge in [-0.1, -0.05) is 30.7 Å². The maximum atomic E-state index is 5.86. The van der Waals surface area contributed by atoms with Crippen molar-refractivity contribution in [2.75, 3.05) is 6.54 Å². The van der Waals surface area contributed by atoms with Crippen LogP contribution in [0.5, 0.6) is 0 Å². The van der Waals surface area contributed by atoms with Crippen LogP contribution in [0.15, 0.2) is 36.8 Å². The number of halogens is 1. The van der Waals surface area contributed by atoms with Crippen LogP contribution in [0.25, 0.3) is 0 Å². The van der Waals surface area contributed by atoms with Crippen LogP contribution in [0.4, 0.5) is 0 Å². The van der Waals surface area contributed by atoms with E-state index in [1.807, 2.05) is 30.6 Å². The first kappa shape index (κ1) is 13.1. The molecule has 0 atom stereocenters. The Morgan fingerprint density at radius 3 is 2.78 bits per heavy atom. The molecule has 0 aliphatic rings. The largest absolute Gasteiger partial charge is 0.333 e. The normalized spacial score (nSPS) is 10.8. The standard InChI is InChI=1S/C14H18ClN3/c1-2-7-16-8-14-10-18(11-17-14)9-12-3-5-13(15)6-4-12/h3-6,10-11,16H,2,7-9H2,1H3. The molecule has 3 nitrogen and oxygen atoms in total. The molecule has 0 spiro atoms. The van der Waals surface area contributed by atoms with Gasteiger partial charge in [-0.05, 0) is 30.7 Å². The molecule has 2 rings (SSSR count). The van der Waals surface area contributed by atoms with Crippen LogP contribution in [0.2, 0.25) is 5.02 Å². The minimum Gasteiger partial charge on any atom is -0.333 e. The van der Waals surface area contributed by atoms with Gasteiger partial charge in [0.05, 0.1) is 12.0 Å². The molecule has 1 heterocycles. The Balaban J connectivity index is 1.91. The summed E-state index contributed by atoms with van der Waals surface area (Å²) in [5, 5.41) is 4.11. The summed E-state index contributed by atoms with van der Waals surface area (Å²) >= 11 is 5.86. The summed E-state index contributed by atoms with van der Waals surface area (Å²) in [5.41, 5.74) is 2.31. The topological polar surface area (TPSA) is 29.9 Å². The molecule has 0 saturated carbocycles. The number of hydrogen-bond donors (Lipinski definition) is 1. The van der Waals surface area contributed by atoms with Crippen molar-refractivity contribution < 1.29 is 0 Å². The molecule has 96 valence electrons. The van der Waals surface area contributed by atoms with Crippen LogP contribution in [-0.4, -0.2) is 16.1 Å². The van der Waals surface area contributed by atoms with Crippen LogP contribution in [0.1, 0.15) is 24.6 Å². The average Bonchev–Trinajstić information content (AvgIpc) is 2.80. The Kier molecular flexibility index (Phi) is 4.79. The zero-order valence-electron chi connectivity index (χ0n) is 10.6. The van der Waals surface area contributed by atoms with Crippen LogP contribution >= 0.6 is 11.6 Å². The minimum atomic E-state index is 0.772. The number of nitrogens with one attached hydrogen (secondary N) is 1. The quantitative estimate of drug-likeness (QED) is 0.812. The van der Waals surface area contributed by atoms with E-state index in [0.29, 0.717) is 0 Å². The summed E-state index contributed by atoms with van der Waals surface area (Å²) in [6.45, 7) is 4.86. The summed E-state index contributed by atoms with van der Waals surface area (Å²) in [5.74, 6) is 0. The number of nitrogens with zero attached hydrogens (tertiary/aromatic N) is 2. The molecule has 0 aliphatic heterocycles. The molecule has 1 aromatic carbocycles. The number of rotatable bonds is 6. The molecular formula is C14H18ClN3. The molecule has 1 N–H and O–H groups in total. The Morgan fingerprint density at radius 1 is 1.28 bits per heavy atom. The Labute approximate surface area is 113 Å². The molecule has 0 radical (unpaired) electrons. The maximum absolute atomic E-state index is 5.86. The highest BCUT2D eigenvalue weighted by atomic mass is 35.5. The van der Waals surface area contributed by atoms with Crippen LogP contribution in [0.3, 0.4) is 0 Å². The second-order valence-corrected chi connectivity index (χ2v) is 4.78. The third kappa shape index (κ3) is 3.86. The predicted molar refractivity (Wildman–Crippen MR) is 74.8 cm³/mol. The monoisotopic (exact) mass is 263 g/mol. The fraction of sp³-hybridized carbons (Fsp3) is 0.357. The second-order valence-electron chi connectivity index (χ2n) is 4.34. The fourth-order valence-corrected chi connectivity index (χ4v) is 1.90. The molecule has 4 heteroatoms. The molecular weight excluding hydrogens is 246 g/mol. The third-order valence-corrected chi connectivity index (χ3v) is 2.95. The predicted octanol–water partition coefficient (Wildman–Crippen LogP) is 3.08. The smallest absolute Gasteiger partial charge is 0.0953 e. The van der Waals surface area contributed by atoms with Crippen molar-refractivity contribution in [2.24, 2.45) is 0 Å². The number of hydrogen-bond acceptors (Lipinski definition) is 2. The van der Waals surface area contributed by atoms with Gasteiger partial charge in [0, 0.05) is 24.3 Å². The Morgan fingerprint density at radius 2 is 2.06 bits per heavy atom. The zero-order chi connectivity index (χ0) is 12.8. The highest BCUT2D eigenvalue weighted by Gasteiger charge is 1.99. The van der Waals surface area contributed by atoms with E-state index in [2.05, 4.69) is 28.0 Å². The molecule has 1 aromatic heterocycles. The molecule has 0 saturated heterocycles. The van der Waals surface area contributed by atoms with Gasteiger partial charge in [-0.2, -0.15) is 0 Å². The SMILES string of the molecule is CCCNCc1cn(Cc2ccc(Cl)cc2)cn1. The van der Waals surface area contributed by atoms with Crippen molar-refractivity contribution in [3.05, 3.63) is 53.1 Å². The molecule has 18 heavy (non-hydrogen) atoms. The summed E-state index contributed by atoms with van der Waals surface area (Å²) < 4.78 is 2.09. The average molecular weight is 264 g/mol. The van der Waals surface area contributed by atoms with Gasteiger partial charge in [0.1, 0.15) is 0 Å². The summed E-state index contributed by atoms with van der Waals surface area (Å²) in [6, 6.07) is 7.91. The second kappa shape index (κ2) is 6.57. The van der Waals surface area contributed by atoms with Crippen LogP contribution < -0.4 is 5.32 Å². The molecule has 2 aromatic rings. The van der Waals surface area contributed by atoms with E-state index in [0.717, 1.165) is 36.8 Å². The lowest BCUT2D eigenvalue weighted by atomic mass is 10.2. The van der Waals surface area contributed by atoms with Crippen molar-refractivity contribution in [3.8, 4) is 0 Å². The molecule has 0 bridgehead atoms. The van der Waals surface area contributed by atoms with E-state index >= 15 is 0 Å². The Hall–Kier alpha value is -1.32. The lowest BCUT2D eigenvalue weighted by molar-refractivity contribution is 0.665. The van der Waals surface area contributed by atoms with Crippen molar-refractivity contribution in [2.45, 2.75) is 26.4 Å². The summed E-state index contributed by atoms with van der Waals surface area (Å²) in [4.78, 5) is 4.38.